The number of carbonyl (C=O) groups excluding carboxylic acids is 1. The molecule has 1 atom stereocenters. The number of primary amides is 1. The van der Waals surface area contributed by atoms with E-state index >= 15 is 0 Å². The van der Waals surface area contributed by atoms with Crippen LogP contribution in [0.1, 0.15) is 25.8 Å². The predicted molar refractivity (Wildman–Crippen MR) is 104 cm³/mol. The van der Waals surface area contributed by atoms with Gasteiger partial charge in [0.05, 0.1) is 17.1 Å². The molecule has 27 heavy (non-hydrogen) atoms. The van der Waals surface area contributed by atoms with Crippen LogP contribution in [0.5, 0.6) is 5.75 Å². The van der Waals surface area contributed by atoms with Crippen molar-refractivity contribution in [3.63, 3.8) is 0 Å². The molecular weight excluding hydrogens is 364 g/mol. The van der Waals surface area contributed by atoms with Crippen LogP contribution in [0.3, 0.4) is 0 Å². The molecule has 0 radical (unpaired) electrons. The number of nitrogens with zero attached hydrogens (tertiary/aromatic N) is 1. The summed E-state index contributed by atoms with van der Waals surface area (Å²) < 4.78 is 33.2. The molecular formula is C20H24N2O4S. The van der Waals surface area contributed by atoms with Crippen LogP contribution in [0.2, 0.25) is 0 Å². The summed E-state index contributed by atoms with van der Waals surface area (Å²) in [6.45, 7) is 4.16. The zero-order valence-electron chi connectivity index (χ0n) is 15.5. The second kappa shape index (κ2) is 7.60. The maximum absolute atomic E-state index is 13.2. The summed E-state index contributed by atoms with van der Waals surface area (Å²) in [5, 5.41) is 0. The monoisotopic (exact) mass is 388 g/mol. The van der Waals surface area contributed by atoms with Crippen LogP contribution in [0.25, 0.3) is 0 Å². The summed E-state index contributed by atoms with van der Waals surface area (Å²) in [5.41, 5.74) is 6.86. The molecule has 1 amide bonds. The first-order valence-electron chi connectivity index (χ1n) is 8.95. The Kier molecular flexibility index (Phi) is 5.41. The second-order valence-corrected chi connectivity index (χ2v) is 8.95. The smallest absolute Gasteiger partial charge is 0.264 e. The highest BCUT2D eigenvalue weighted by atomic mass is 32.2. The molecule has 1 aliphatic rings. The van der Waals surface area contributed by atoms with Gasteiger partial charge in [-0.15, -0.1) is 0 Å². The molecule has 0 fully saturated rings. The van der Waals surface area contributed by atoms with E-state index in [1.54, 1.807) is 36.4 Å². The fourth-order valence-electron chi connectivity index (χ4n) is 2.99. The first kappa shape index (κ1) is 19.2. The molecule has 3 rings (SSSR count). The Labute approximate surface area is 160 Å². The molecule has 2 aromatic carbocycles. The fourth-order valence-corrected chi connectivity index (χ4v) is 4.46. The van der Waals surface area contributed by atoms with Gasteiger partial charge in [-0.25, -0.2) is 8.42 Å². The minimum absolute atomic E-state index is 0.149. The van der Waals surface area contributed by atoms with Crippen LogP contribution < -0.4 is 14.8 Å². The van der Waals surface area contributed by atoms with Crippen LogP contribution in [-0.2, 0) is 21.2 Å². The zero-order chi connectivity index (χ0) is 19.6. The van der Waals surface area contributed by atoms with Crippen LogP contribution in [0.15, 0.2) is 53.4 Å². The molecule has 1 aliphatic heterocycles. The number of carbonyl (C=O) groups is 1. The summed E-state index contributed by atoms with van der Waals surface area (Å²) in [6.07, 6.45) is 0.922. The van der Waals surface area contributed by atoms with E-state index in [9.17, 15) is 13.2 Å². The van der Waals surface area contributed by atoms with E-state index in [1.807, 2.05) is 12.1 Å². The third-order valence-corrected chi connectivity index (χ3v) is 6.37. The van der Waals surface area contributed by atoms with Gasteiger partial charge in [0, 0.05) is 0 Å². The molecule has 0 spiro atoms. The highest BCUT2D eigenvalue weighted by molar-refractivity contribution is 7.92. The van der Waals surface area contributed by atoms with Crippen molar-refractivity contribution in [2.24, 2.45) is 11.7 Å². The number of ether oxygens (including phenoxy) is 1. The Hall–Kier alpha value is -2.54. The molecule has 0 unspecified atom stereocenters. The molecule has 0 aromatic heterocycles. The molecule has 6 nitrogen and oxygen atoms in total. The van der Waals surface area contributed by atoms with Crippen molar-refractivity contribution < 1.29 is 17.9 Å². The van der Waals surface area contributed by atoms with E-state index in [0.29, 0.717) is 17.4 Å². The fraction of sp³-hybridized carbons (Fsp3) is 0.350. The minimum Gasteiger partial charge on any atom is -0.476 e. The maximum Gasteiger partial charge on any atom is 0.264 e. The number of rotatable bonds is 6. The molecule has 1 heterocycles. The normalized spacial score (nSPS) is 16.7. The van der Waals surface area contributed by atoms with Crippen molar-refractivity contribution in [2.75, 3.05) is 10.8 Å². The van der Waals surface area contributed by atoms with Gasteiger partial charge >= 0.3 is 0 Å². The van der Waals surface area contributed by atoms with E-state index in [-0.39, 0.29) is 11.4 Å². The number of benzene rings is 2. The number of amides is 1. The van der Waals surface area contributed by atoms with Gasteiger partial charge in [-0.2, -0.15) is 0 Å². The zero-order valence-corrected chi connectivity index (χ0v) is 16.3. The van der Waals surface area contributed by atoms with Gasteiger partial charge in [0.25, 0.3) is 15.9 Å². The molecule has 0 saturated carbocycles. The van der Waals surface area contributed by atoms with Gasteiger partial charge in [-0.05, 0) is 48.6 Å². The van der Waals surface area contributed by atoms with E-state index < -0.39 is 22.0 Å². The lowest BCUT2D eigenvalue weighted by Crippen LogP contribution is -2.49. The number of hydrogen-bond donors (Lipinski definition) is 1. The van der Waals surface area contributed by atoms with Crippen LogP contribution >= 0.6 is 0 Å². The summed E-state index contributed by atoms with van der Waals surface area (Å²) >= 11 is 0. The molecule has 0 saturated heterocycles. The lowest BCUT2D eigenvalue weighted by atomic mass is 10.0. The largest absolute Gasteiger partial charge is 0.476 e. The average Bonchev–Trinajstić information content (AvgIpc) is 2.65. The van der Waals surface area contributed by atoms with Crippen molar-refractivity contribution >= 4 is 21.6 Å². The quantitative estimate of drug-likeness (QED) is 0.824. The molecule has 144 valence electrons. The first-order valence-corrected chi connectivity index (χ1v) is 10.4. The third kappa shape index (κ3) is 4.08. The van der Waals surface area contributed by atoms with E-state index in [1.165, 1.54) is 4.31 Å². The lowest BCUT2D eigenvalue weighted by Gasteiger charge is -2.34. The van der Waals surface area contributed by atoms with Crippen LogP contribution in [0, 0.1) is 5.92 Å². The average molecular weight is 388 g/mol. The van der Waals surface area contributed by atoms with Gasteiger partial charge in [-0.1, -0.05) is 38.1 Å². The molecule has 2 aromatic rings. The van der Waals surface area contributed by atoms with E-state index in [0.717, 1.165) is 18.4 Å². The highest BCUT2D eigenvalue weighted by Gasteiger charge is 2.36. The molecule has 2 N–H and O–H groups in total. The summed E-state index contributed by atoms with van der Waals surface area (Å²) in [4.78, 5) is 11.8. The molecule has 0 aliphatic carbocycles. The SMILES string of the molecule is CC(C)CCc1ccc(S(=O)(=O)N2C[C@H](C(N)=O)Oc3ccccc32)cc1. The Balaban J connectivity index is 1.92. The Morgan fingerprint density at radius 1 is 1.19 bits per heavy atom. The van der Waals surface area contributed by atoms with Crippen molar-refractivity contribution in [1.82, 2.24) is 0 Å². The topological polar surface area (TPSA) is 89.7 Å². The van der Waals surface area contributed by atoms with Crippen LogP contribution in [0.4, 0.5) is 5.69 Å². The van der Waals surface area contributed by atoms with Crippen molar-refractivity contribution in [3.8, 4) is 5.75 Å². The number of aryl methyl sites for hydroxylation is 1. The van der Waals surface area contributed by atoms with Crippen molar-refractivity contribution in [2.45, 2.75) is 37.7 Å². The van der Waals surface area contributed by atoms with Gasteiger partial charge < -0.3 is 10.5 Å². The maximum atomic E-state index is 13.2. The van der Waals surface area contributed by atoms with Gasteiger partial charge in [-0.3, -0.25) is 9.10 Å². The van der Waals surface area contributed by atoms with Gasteiger partial charge in [0.15, 0.2) is 6.10 Å². The molecule has 7 heteroatoms. The predicted octanol–water partition coefficient (Wildman–Crippen LogP) is 2.72. The summed E-state index contributed by atoms with van der Waals surface area (Å²) in [6, 6.07) is 13.6. The second-order valence-electron chi connectivity index (χ2n) is 7.09. The number of sulfonamides is 1. The summed E-state index contributed by atoms with van der Waals surface area (Å²) in [5.74, 6) is 0.211. The van der Waals surface area contributed by atoms with Crippen molar-refractivity contribution in [3.05, 3.63) is 54.1 Å². The van der Waals surface area contributed by atoms with E-state index in [2.05, 4.69) is 13.8 Å². The Bertz CT molecular complexity index is 923. The first-order chi connectivity index (χ1) is 12.8. The van der Waals surface area contributed by atoms with Crippen molar-refractivity contribution in [1.29, 1.82) is 0 Å². The standard InChI is InChI=1S/C20H24N2O4S/c1-14(2)7-8-15-9-11-16(12-10-15)27(24,25)22-13-19(20(21)23)26-18-6-4-3-5-17(18)22/h3-6,9-12,14,19H,7-8,13H2,1-2H3,(H2,21,23)/t19-/m1/s1. The lowest BCUT2D eigenvalue weighted by molar-refractivity contribution is -0.124. The highest BCUT2D eigenvalue weighted by Crippen LogP contribution is 2.36. The van der Waals surface area contributed by atoms with E-state index in [4.69, 9.17) is 10.5 Å². The number of para-hydroxylation sites is 2. The number of anilines is 1. The summed E-state index contributed by atoms with van der Waals surface area (Å²) in [7, 11) is -3.84. The number of nitrogens with two attached hydrogens (primary N) is 1. The molecule has 0 bridgehead atoms. The third-order valence-electron chi connectivity index (χ3n) is 4.57. The number of hydrogen-bond acceptors (Lipinski definition) is 4. The Morgan fingerprint density at radius 3 is 2.48 bits per heavy atom. The van der Waals surface area contributed by atoms with Gasteiger partial charge in [0.1, 0.15) is 5.75 Å². The number of fused-ring (bicyclic) bond motifs is 1. The minimum atomic E-state index is -3.84. The Morgan fingerprint density at radius 2 is 1.85 bits per heavy atom. The van der Waals surface area contributed by atoms with Gasteiger partial charge in [0.2, 0.25) is 0 Å². The van der Waals surface area contributed by atoms with Crippen LogP contribution in [-0.4, -0.2) is 27.0 Å².